The van der Waals surface area contributed by atoms with Crippen molar-refractivity contribution in [3.8, 4) is 0 Å². The van der Waals surface area contributed by atoms with E-state index in [2.05, 4.69) is 5.10 Å². The molecule has 1 aliphatic rings. The fourth-order valence-electron chi connectivity index (χ4n) is 1.48. The molecule has 0 amide bonds. The van der Waals surface area contributed by atoms with Gasteiger partial charge in [-0.25, -0.2) is 0 Å². The molecular formula is C9H11BN2O. The molecule has 0 radical (unpaired) electrons. The van der Waals surface area contributed by atoms with Gasteiger partial charge in [0.1, 0.15) is 0 Å². The van der Waals surface area contributed by atoms with E-state index in [0.717, 1.165) is 11.0 Å². The fourth-order valence-corrected chi connectivity index (χ4v) is 1.48. The Hall–Kier alpha value is -1.29. The van der Waals surface area contributed by atoms with Crippen LogP contribution in [-0.2, 0) is 0 Å². The Kier molecular flexibility index (Phi) is 2.06. The fraction of sp³-hybridized carbons (Fsp3) is 0.222. The maximum absolute atomic E-state index is 9.83. The first-order valence-corrected chi connectivity index (χ1v) is 4.40. The molecule has 0 unspecified atom stereocenters. The lowest BCUT2D eigenvalue weighted by Gasteiger charge is -2.24. The summed E-state index contributed by atoms with van der Waals surface area (Å²) in [6, 6.07) is 7.75. The number of fused-ring (bicyclic) bond motifs is 1. The second-order valence-electron chi connectivity index (χ2n) is 3.00. The van der Waals surface area contributed by atoms with Gasteiger partial charge in [-0.05, 0) is 17.9 Å². The molecular weight excluding hydrogens is 163 g/mol. The van der Waals surface area contributed by atoms with Crippen molar-refractivity contribution in [1.29, 1.82) is 0 Å². The number of hydrogen-bond donors (Lipinski definition) is 1. The number of hydrazone groups is 1. The van der Waals surface area contributed by atoms with E-state index in [9.17, 15) is 5.02 Å². The van der Waals surface area contributed by atoms with Crippen LogP contribution >= 0.6 is 0 Å². The van der Waals surface area contributed by atoms with Gasteiger partial charge in [-0.2, -0.15) is 5.10 Å². The lowest BCUT2D eigenvalue weighted by molar-refractivity contribution is 0.402. The van der Waals surface area contributed by atoms with Gasteiger partial charge >= 0.3 is 7.05 Å². The molecule has 66 valence electrons. The van der Waals surface area contributed by atoms with Gasteiger partial charge < -0.3 is 9.94 Å². The van der Waals surface area contributed by atoms with Crippen LogP contribution in [0.1, 0.15) is 12.5 Å². The first-order valence-electron chi connectivity index (χ1n) is 4.40. The quantitative estimate of drug-likeness (QED) is 0.610. The van der Waals surface area contributed by atoms with Crippen molar-refractivity contribution in [2.24, 2.45) is 5.10 Å². The van der Waals surface area contributed by atoms with Crippen LogP contribution in [0.15, 0.2) is 29.4 Å². The van der Waals surface area contributed by atoms with Crippen molar-refractivity contribution in [3.63, 3.8) is 0 Å². The van der Waals surface area contributed by atoms with Gasteiger partial charge in [0.25, 0.3) is 0 Å². The van der Waals surface area contributed by atoms with Crippen LogP contribution in [0.2, 0.25) is 0 Å². The maximum Gasteiger partial charge on any atom is 0.466 e. The van der Waals surface area contributed by atoms with E-state index in [1.54, 1.807) is 11.1 Å². The van der Waals surface area contributed by atoms with Gasteiger partial charge in [0.15, 0.2) is 0 Å². The minimum atomic E-state index is -0.591. The minimum absolute atomic E-state index is 0.591. The highest BCUT2D eigenvalue weighted by Gasteiger charge is 2.26. The Bertz CT molecular complexity index is 340. The molecule has 3 nitrogen and oxygen atoms in total. The number of nitrogens with zero attached hydrogens (tertiary/aromatic N) is 2. The number of benzene rings is 1. The molecule has 0 fully saturated rings. The van der Waals surface area contributed by atoms with E-state index in [1.807, 2.05) is 31.2 Å². The van der Waals surface area contributed by atoms with Crippen molar-refractivity contribution in [3.05, 3.63) is 29.8 Å². The molecule has 0 spiro atoms. The van der Waals surface area contributed by atoms with Crippen molar-refractivity contribution in [2.75, 3.05) is 6.54 Å². The van der Waals surface area contributed by atoms with Crippen molar-refractivity contribution >= 4 is 18.7 Å². The van der Waals surface area contributed by atoms with Crippen LogP contribution < -0.4 is 5.46 Å². The molecule has 1 heterocycles. The van der Waals surface area contributed by atoms with E-state index in [1.165, 1.54) is 0 Å². The largest absolute Gasteiger partial charge is 0.466 e. The van der Waals surface area contributed by atoms with Gasteiger partial charge in [-0.1, -0.05) is 24.3 Å². The minimum Gasteiger partial charge on any atom is -0.428 e. The molecule has 1 aromatic carbocycles. The Morgan fingerprint density at radius 2 is 2.23 bits per heavy atom. The zero-order valence-corrected chi connectivity index (χ0v) is 7.51. The molecule has 13 heavy (non-hydrogen) atoms. The standard InChI is InChI=1S/C9H11BN2O/c1-2-12-10(13)9-6-4-3-5-8(9)7-11-12/h3-7,13H,2H2,1H3. The third kappa shape index (κ3) is 1.33. The Morgan fingerprint density at radius 3 is 3.00 bits per heavy atom. The molecule has 1 N–H and O–H groups in total. The molecule has 2 rings (SSSR count). The monoisotopic (exact) mass is 174 g/mol. The zero-order valence-electron chi connectivity index (χ0n) is 7.51. The molecule has 4 heteroatoms. The normalized spacial score (nSPS) is 14.6. The highest BCUT2D eigenvalue weighted by Crippen LogP contribution is 2.04. The van der Waals surface area contributed by atoms with E-state index in [0.29, 0.717) is 6.54 Å². The zero-order chi connectivity index (χ0) is 9.26. The molecule has 1 aromatic rings. The SMILES string of the molecule is CCN1N=Cc2ccccc2B1O. The van der Waals surface area contributed by atoms with Crippen molar-refractivity contribution in [1.82, 2.24) is 4.92 Å². The van der Waals surface area contributed by atoms with Crippen molar-refractivity contribution < 1.29 is 5.02 Å². The summed E-state index contributed by atoms with van der Waals surface area (Å²) in [7, 11) is -0.591. The van der Waals surface area contributed by atoms with Gasteiger partial charge in [0.2, 0.25) is 0 Å². The second kappa shape index (κ2) is 3.22. The lowest BCUT2D eigenvalue weighted by atomic mass is 9.70. The van der Waals surface area contributed by atoms with Crippen LogP contribution in [0, 0.1) is 0 Å². The first-order chi connectivity index (χ1) is 6.33. The third-order valence-corrected chi connectivity index (χ3v) is 2.23. The second-order valence-corrected chi connectivity index (χ2v) is 3.00. The Morgan fingerprint density at radius 1 is 1.46 bits per heavy atom. The number of rotatable bonds is 1. The van der Waals surface area contributed by atoms with Gasteiger partial charge in [0.05, 0.1) is 6.21 Å². The summed E-state index contributed by atoms with van der Waals surface area (Å²) in [5.41, 5.74) is 1.93. The topological polar surface area (TPSA) is 35.8 Å². The van der Waals surface area contributed by atoms with Gasteiger partial charge in [-0.3, -0.25) is 0 Å². The van der Waals surface area contributed by atoms with E-state index >= 15 is 0 Å². The average molecular weight is 174 g/mol. The molecule has 0 aliphatic carbocycles. The molecule has 1 aliphatic heterocycles. The predicted molar refractivity (Wildman–Crippen MR) is 54.0 cm³/mol. The smallest absolute Gasteiger partial charge is 0.428 e. The molecule has 0 bridgehead atoms. The first kappa shape index (κ1) is 8.32. The van der Waals surface area contributed by atoms with Gasteiger partial charge in [0, 0.05) is 6.54 Å². The summed E-state index contributed by atoms with van der Waals surface area (Å²) in [4.78, 5) is 1.66. The van der Waals surface area contributed by atoms with Crippen LogP contribution in [0.5, 0.6) is 0 Å². The summed E-state index contributed by atoms with van der Waals surface area (Å²) < 4.78 is 0. The predicted octanol–water partition coefficient (Wildman–Crippen LogP) is 0.0435. The van der Waals surface area contributed by atoms with Crippen LogP contribution in [-0.4, -0.2) is 29.8 Å². The summed E-state index contributed by atoms with van der Waals surface area (Å²) in [6.45, 7) is 2.68. The summed E-state index contributed by atoms with van der Waals surface area (Å²) in [5, 5.41) is 14.0. The highest BCUT2D eigenvalue weighted by molar-refractivity contribution is 6.65. The van der Waals surface area contributed by atoms with Crippen LogP contribution in [0.4, 0.5) is 0 Å². The Labute approximate surface area is 77.8 Å². The summed E-state index contributed by atoms with van der Waals surface area (Å²) >= 11 is 0. The van der Waals surface area contributed by atoms with Crippen LogP contribution in [0.3, 0.4) is 0 Å². The Balaban J connectivity index is 2.42. The van der Waals surface area contributed by atoms with E-state index in [-0.39, 0.29) is 0 Å². The lowest BCUT2D eigenvalue weighted by Crippen LogP contribution is -2.49. The third-order valence-electron chi connectivity index (χ3n) is 2.23. The molecule has 0 aromatic heterocycles. The van der Waals surface area contributed by atoms with E-state index in [4.69, 9.17) is 0 Å². The summed E-state index contributed by atoms with van der Waals surface area (Å²) in [5.74, 6) is 0. The molecule has 0 saturated heterocycles. The van der Waals surface area contributed by atoms with Crippen LogP contribution in [0.25, 0.3) is 0 Å². The maximum atomic E-state index is 9.83. The summed E-state index contributed by atoms with van der Waals surface area (Å²) in [6.07, 6.45) is 1.78. The number of hydrogen-bond acceptors (Lipinski definition) is 3. The van der Waals surface area contributed by atoms with Crippen molar-refractivity contribution in [2.45, 2.75) is 6.92 Å². The van der Waals surface area contributed by atoms with Gasteiger partial charge in [-0.15, -0.1) is 0 Å². The molecule has 0 saturated carbocycles. The highest BCUT2D eigenvalue weighted by atomic mass is 16.2. The van der Waals surface area contributed by atoms with E-state index < -0.39 is 7.05 Å². The average Bonchev–Trinajstić information content (AvgIpc) is 2.19. The molecule has 0 atom stereocenters.